The molecule has 0 aliphatic carbocycles. The molecule has 0 spiro atoms. The average Bonchev–Trinajstić information content (AvgIpc) is 2.72. The van der Waals surface area contributed by atoms with E-state index in [0.29, 0.717) is 37.7 Å². The molecule has 2 aromatic carbocycles. The SMILES string of the molecule is C[C@@H](C(=O)NCc1ccccc1)[NH+]1CCN(S(=O)(=O)c2ccc(Cl)cc2)CC1. The van der Waals surface area contributed by atoms with Crippen molar-refractivity contribution in [3.05, 3.63) is 65.2 Å². The van der Waals surface area contributed by atoms with Crippen molar-refractivity contribution < 1.29 is 18.1 Å². The van der Waals surface area contributed by atoms with Gasteiger partial charge in [0.2, 0.25) is 10.0 Å². The molecular weight excluding hydrogens is 398 g/mol. The second-order valence-electron chi connectivity index (χ2n) is 6.94. The van der Waals surface area contributed by atoms with Gasteiger partial charge < -0.3 is 10.2 Å². The Bertz CT molecular complexity index is 896. The Morgan fingerprint density at radius 2 is 1.71 bits per heavy atom. The number of hydrogen-bond acceptors (Lipinski definition) is 3. The molecule has 1 heterocycles. The Kier molecular flexibility index (Phi) is 6.72. The van der Waals surface area contributed by atoms with E-state index < -0.39 is 10.0 Å². The van der Waals surface area contributed by atoms with Gasteiger partial charge >= 0.3 is 0 Å². The Morgan fingerprint density at radius 3 is 2.32 bits per heavy atom. The van der Waals surface area contributed by atoms with Crippen LogP contribution in [0.5, 0.6) is 0 Å². The summed E-state index contributed by atoms with van der Waals surface area (Å²) in [5.74, 6) is -0.0205. The molecule has 2 aromatic rings. The molecule has 1 saturated heterocycles. The number of sulfonamides is 1. The van der Waals surface area contributed by atoms with Crippen LogP contribution in [0.15, 0.2) is 59.5 Å². The quantitative estimate of drug-likeness (QED) is 0.727. The van der Waals surface area contributed by atoms with Gasteiger partial charge in [0.1, 0.15) is 0 Å². The summed E-state index contributed by atoms with van der Waals surface area (Å²) in [5, 5.41) is 3.47. The van der Waals surface area contributed by atoms with Crippen molar-refractivity contribution in [1.29, 1.82) is 0 Å². The van der Waals surface area contributed by atoms with E-state index in [1.807, 2.05) is 37.3 Å². The molecule has 0 radical (unpaired) electrons. The second-order valence-corrected chi connectivity index (χ2v) is 9.32. The number of carbonyl (C=O) groups excluding carboxylic acids is 1. The lowest BCUT2D eigenvalue weighted by Gasteiger charge is -2.34. The van der Waals surface area contributed by atoms with Gasteiger partial charge in [0.25, 0.3) is 5.91 Å². The number of hydrogen-bond donors (Lipinski definition) is 2. The smallest absolute Gasteiger partial charge is 0.278 e. The third-order valence-corrected chi connectivity index (χ3v) is 7.30. The lowest BCUT2D eigenvalue weighted by molar-refractivity contribution is -0.917. The molecule has 0 saturated carbocycles. The van der Waals surface area contributed by atoms with E-state index in [-0.39, 0.29) is 16.8 Å². The van der Waals surface area contributed by atoms with Gasteiger partial charge in [-0.15, -0.1) is 0 Å². The molecule has 1 amide bonds. The van der Waals surface area contributed by atoms with E-state index in [2.05, 4.69) is 5.32 Å². The summed E-state index contributed by atoms with van der Waals surface area (Å²) in [6.07, 6.45) is 0. The minimum absolute atomic E-state index is 0.0205. The van der Waals surface area contributed by atoms with Gasteiger partial charge in [0.15, 0.2) is 6.04 Å². The summed E-state index contributed by atoms with van der Waals surface area (Å²) in [7, 11) is -3.53. The first-order valence-corrected chi connectivity index (χ1v) is 11.1. The molecule has 1 atom stereocenters. The van der Waals surface area contributed by atoms with Gasteiger partial charge in [0.05, 0.1) is 31.1 Å². The van der Waals surface area contributed by atoms with Gasteiger partial charge in [-0.1, -0.05) is 41.9 Å². The van der Waals surface area contributed by atoms with E-state index in [4.69, 9.17) is 11.6 Å². The maximum absolute atomic E-state index is 12.8. The molecular formula is C20H25ClN3O3S+. The summed E-state index contributed by atoms with van der Waals surface area (Å²) in [4.78, 5) is 13.8. The third-order valence-electron chi connectivity index (χ3n) is 5.13. The predicted octanol–water partition coefficient (Wildman–Crippen LogP) is 0.934. The van der Waals surface area contributed by atoms with E-state index in [1.54, 1.807) is 12.1 Å². The van der Waals surface area contributed by atoms with Crippen LogP contribution in [0.3, 0.4) is 0 Å². The van der Waals surface area contributed by atoms with Crippen LogP contribution in [0.1, 0.15) is 12.5 Å². The topological polar surface area (TPSA) is 70.9 Å². The number of rotatable bonds is 6. The molecule has 1 aliphatic rings. The monoisotopic (exact) mass is 422 g/mol. The van der Waals surface area contributed by atoms with Crippen LogP contribution in [-0.2, 0) is 21.4 Å². The molecule has 28 heavy (non-hydrogen) atoms. The minimum Gasteiger partial charge on any atom is -0.347 e. The molecule has 0 aromatic heterocycles. The van der Waals surface area contributed by atoms with Crippen LogP contribution < -0.4 is 10.2 Å². The molecule has 1 fully saturated rings. The minimum atomic E-state index is -3.53. The normalized spacial score (nSPS) is 17.2. The summed E-state index contributed by atoms with van der Waals surface area (Å²) in [6, 6.07) is 15.7. The van der Waals surface area contributed by atoms with Gasteiger partial charge in [-0.3, -0.25) is 4.79 Å². The van der Waals surface area contributed by atoms with Crippen LogP contribution in [0, 0.1) is 0 Å². The number of halogens is 1. The highest BCUT2D eigenvalue weighted by Crippen LogP contribution is 2.18. The zero-order valence-electron chi connectivity index (χ0n) is 15.8. The summed E-state index contributed by atoms with van der Waals surface area (Å²) >= 11 is 5.85. The standard InChI is InChI=1S/C20H24ClN3O3S/c1-16(20(25)22-15-17-5-3-2-4-6-17)23-11-13-24(14-12-23)28(26,27)19-9-7-18(21)8-10-19/h2-10,16H,11-15H2,1H3,(H,22,25)/p+1/t16-/m0/s1. The number of benzene rings is 2. The van der Waals surface area contributed by atoms with Crippen LogP contribution in [0.2, 0.25) is 5.02 Å². The molecule has 8 heteroatoms. The highest BCUT2D eigenvalue weighted by atomic mass is 35.5. The number of nitrogens with zero attached hydrogens (tertiary/aromatic N) is 1. The molecule has 3 rings (SSSR count). The molecule has 2 N–H and O–H groups in total. The lowest BCUT2D eigenvalue weighted by Crippen LogP contribution is -3.19. The molecule has 6 nitrogen and oxygen atoms in total. The van der Waals surface area contributed by atoms with Crippen LogP contribution >= 0.6 is 11.6 Å². The van der Waals surface area contributed by atoms with E-state index in [0.717, 1.165) is 10.5 Å². The first-order chi connectivity index (χ1) is 13.4. The van der Waals surface area contributed by atoms with E-state index in [1.165, 1.54) is 16.4 Å². The summed E-state index contributed by atoms with van der Waals surface area (Å²) in [6.45, 7) is 4.33. The van der Waals surface area contributed by atoms with Crippen molar-refractivity contribution in [2.45, 2.75) is 24.4 Å². The number of quaternary nitrogens is 1. The summed E-state index contributed by atoms with van der Waals surface area (Å²) < 4.78 is 27.0. The van der Waals surface area contributed by atoms with Crippen LogP contribution in [-0.4, -0.2) is 50.9 Å². The molecule has 0 unspecified atom stereocenters. The summed E-state index contributed by atoms with van der Waals surface area (Å²) in [5.41, 5.74) is 1.05. The molecule has 150 valence electrons. The zero-order chi connectivity index (χ0) is 20.1. The number of carbonyl (C=O) groups is 1. The highest BCUT2D eigenvalue weighted by Gasteiger charge is 2.34. The van der Waals surface area contributed by atoms with Crippen molar-refractivity contribution in [3.63, 3.8) is 0 Å². The molecule has 1 aliphatic heterocycles. The Balaban J connectivity index is 1.54. The van der Waals surface area contributed by atoms with E-state index in [9.17, 15) is 13.2 Å². The first-order valence-electron chi connectivity index (χ1n) is 9.30. The average molecular weight is 423 g/mol. The Labute approximate surface area is 171 Å². The fourth-order valence-corrected chi connectivity index (χ4v) is 4.89. The van der Waals surface area contributed by atoms with Crippen LogP contribution in [0.4, 0.5) is 0 Å². The van der Waals surface area contributed by atoms with Gasteiger partial charge in [-0.05, 0) is 36.8 Å². The van der Waals surface area contributed by atoms with Crippen molar-refractivity contribution >= 4 is 27.5 Å². The number of nitrogens with one attached hydrogen (secondary N) is 2. The zero-order valence-corrected chi connectivity index (χ0v) is 17.3. The van der Waals surface area contributed by atoms with Crippen molar-refractivity contribution in [1.82, 2.24) is 9.62 Å². The maximum Gasteiger partial charge on any atom is 0.278 e. The number of amides is 1. The van der Waals surface area contributed by atoms with Crippen LogP contribution in [0.25, 0.3) is 0 Å². The van der Waals surface area contributed by atoms with E-state index >= 15 is 0 Å². The fraction of sp³-hybridized carbons (Fsp3) is 0.350. The maximum atomic E-state index is 12.8. The first kappa shape index (κ1) is 20.8. The Hall–Kier alpha value is -1.93. The van der Waals surface area contributed by atoms with Gasteiger partial charge in [0, 0.05) is 11.6 Å². The largest absolute Gasteiger partial charge is 0.347 e. The van der Waals surface area contributed by atoms with Gasteiger partial charge in [-0.25, -0.2) is 8.42 Å². The number of piperazine rings is 1. The second kappa shape index (κ2) is 9.05. The van der Waals surface area contributed by atoms with Crippen molar-refractivity contribution in [2.75, 3.05) is 26.2 Å². The highest BCUT2D eigenvalue weighted by molar-refractivity contribution is 7.89. The fourth-order valence-electron chi connectivity index (χ4n) is 3.33. The van der Waals surface area contributed by atoms with Crippen molar-refractivity contribution in [3.8, 4) is 0 Å². The lowest BCUT2D eigenvalue weighted by atomic mass is 10.2. The Morgan fingerprint density at radius 1 is 1.11 bits per heavy atom. The van der Waals surface area contributed by atoms with Crippen molar-refractivity contribution in [2.24, 2.45) is 0 Å². The third kappa shape index (κ3) is 4.91. The molecule has 0 bridgehead atoms. The predicted molar refractivity (Wildman–Crippen MR) is 109 cm³/mol. The van der Waals surface area contributed by atoms with Gasteiger partial charge in [-0.2, -0.15) is 4.31 Å².